The highest BCUT2D eigenvalue weighted by Crippen LogP contribution is 2.60. The Balaban J connectivity index is 1.32. The maximum absolute atomic E-state index is 17.2. The van der Waals surface area contributed by atoms with E-state index in [-0.39, 0.29) is 65.8 Å². The molecule has 3 aromatic carbocycles. The molecular formula is C47H56FN3O7Si. The van der Waals surface area contributed by atoms with Crippen LogP contribution in [0.5, 0.6) is 11.6 Å². The molecule has 1 aromatic heterocycles. The summed E-state index contributed by atoms with van der Waals surface area (Å²) in [5.74, 6) is -2.70. The minimum Gasteiger partial charge on any atom is -0.507 e. The van der Waals surface area contributed by atoms with Crippen LogP contribution in [0.2, 0.25) is 18.1 Å². The minimum absolute atomic E-state index is 0.0166. The fourth-order valence-corrected chi connectivity index (χ4v) is 10.7. The standard InChI is InChI=1S/C47H56FN3O7Si/c1-45(2,3)51-23-31-32(24-51)40(55-25-27-17-13-11-14-18-27)35-30(37(31)48)21-29-22-33-38(50(7)8)41-36(44(49-57-41)56-26-28-19-15-12-16-20-28)43(54)47(33,42(53)34(29)39(35)52)58-59(9,10)46(4,5)6/h11-20,29,33,38,52H,21-26H2,1-10H3/t29-,33-,38-,47-/m0/s1. The van der Waals surface area contributed by atoms with Crippen molar-refractivity contribution in [3.8, 4) is 11.6 Å². The van der Waals surface area contributed by atoms with Crippen LogP contribution in [-0.4, -0.2) is 65.2 Å². The summed E-state index contributed by atoms with van der Waals surface area (Å²) in [7, 11) is 0.793. The number of fused-ring (bicyclic) bond motifs is 5. The van der Waals surface area contributed by atoms with Crippen LogP contribution in [0.25, 0.3) is 5.76 Å². The SMILES string of the molecule is CN(C)[C@@H]1c2onc(OCc3ccccc3)c2C(=O)[C@@]2(O[Si](C)(C)C(C)(C)C)C(=O)C3=C(O)c4c(c(F)c5c(c4OCc4ccccc4)CN(C(C)(C)C)C5)C[C@H]3C[C@@H]12. The Hall–Kier alpha value is -4.62. The summed E-state index contributed by atoms with van der Waals surface area (Å²) in [6, 6.07) is 18.6. The zero-order valence-corrected chi connectivity index (χ0v) is 36.9. The first-order valence-electron chi connectivity index (χ1n) is 20.6. The number of halogens is 1. The van der Waals surface area contributed by atoms with E-state index in [0.717, 1.165) is 11.1 Å². The highest BCUT2D eigenvalue weighted by molar-refractivity contribution is 6.74. The maximum Gasteiger partial charge on any atom is 0.265 e. The lowest BCUT2D eigenvalue weighted by Crippen LogP contribution is -2.68. The largest absolute Gasteiger partial charge is 0.507 e. The van der Waals surface area contributed by atoms with Gasteiger partial charge in [-0.3, -0.25) is 19.4 Å². The van der Waals surface area contributed by atoms with Crippen LogP contribution in [0.4, 0.5) is 4.39 Å². The van der Waals surface area contributed by atoms with Crippen molar-refractivity contribution in [2.45, 2.75) is 116 Å². The van der Waals surface area contributed by atoms with Crippen molar-refractivity contribution in [2.75, 3.05) is 14.1 Å². The number of carbonyl (C=O) groups excluding carboxylic acids is 2. The lowest BCUT2D eigenvalue weighted by molar-refractivity contribution is -0.140. The normalized spacial score (nSPS) is 23.2. The number of hydrogen-bond acceptors (Lipinski definition) is 10. The molecule has 4 aromatic rings. The molecule has 1 aliphatic heterocycles. The van der Waals surface area contributed by atoms with Crippen molar-refractivity contribution in [3.63, 3.8) is 0 Å². The second-order valence-electron chi connectivity index (χ2n) is 19.4. The number of Topliss-reactive ketones (excluding diaryl/α,β-unsaturated/α-hetero) is 2. The second kappa shape index (κ2) is 14.5. The van der Waals surface area contributed by atoms with E-state index in [1.807, 2.05) is 92.8 Å². The van der Waals surface area contributed by atoms with Crippen molar-refractivity contribution in [2.24, 2.45) is 11.8 Å². The Morgan fingerprint density at radius 3 is 2.05 bits per heavy atom. The summed E-state index contributed by atoms with van der Waals surface area (Å²) in [6.45, 7) is 17.6. The van der Waals surface area contributed by atoms with Gasteiger partial charge in [-0.1, -0.05) is 81.4 Å². The third-order valence-corrected chi connectivity index (χ3v) is 17.9. The monoisotopic (exact) mass is 821 g/mol. The fraction of sp³-hybridized carbons (Fsp3) is 0.468. The van der Waals surface area contributed by atoms with Crippen molar-refractivity contribution in [1.82, 2.24) is 15.0 Å². The molecule has 1 fully saturated rings. The van der Waals surface area contributed by atoms with Gasteiger partial charge in [0.1, 0.15) is 36.1 Å². The zero-order valence-electron chi connectivity index (χ0n) is 35.9. The average molecular weight is 822 g/mol. The van der Waals surface area contributed by atoms with E-state index in [9.17, 15) is 5.11 Å². The van der Waals surface area contributed by atoms with Crippen LogP contribution in [0.1, 0.15) is 104 Å². The molecule has 8 rings (SSSR count). The van der Waals surface area contributed by atoms with E-state index in [0.29, 0.717) is 41.3 Å². The van der Waals surface area contributed by atoms with Gasteiger partial charge in [0.25, 0.3) is 5.88 Å². The van der Waals surface area contributed by atoms with E-state index in [2.05, 4.69) is 51.6 Å². The van der Waals surface area contributed by atoms with E-state index in [1.54, 1.807) is 0 Å². The summed E-state index contributed by atoms with van der Waals surface area (Å²) in [6.07, 6.45) is 0.367. The van der Waals surface area contributed by atoms with E-state index in [4.69, 9.17) is 18.4 Å². The number of nitrogens with zero attached hydrogens (tertiary/aromatic N) is 3. The van der Waals surface area contributed by atoms with Crippen LogP contribution in [0, 0.1) is 17.7 Å². The number of ketones is 2. The van der Waals surface area contributed by atoms with Gasteiger partial charge in [-0.2, -0.15) is 0 Å². The first kappa shape index (κ1) is 41.1. The van der Waals surface area contributed by atoms with Gasteiger partial charge in [0, 0.05) is 46.8 Å². The highest BCUT2D eigenvalue weighted by Gasteiger charge is 2.69. The van der Waals surface area contributed by atoms with Gasteiger partial charge in [0.05, 0.1) is 11.6 Å². The molecule has 0 bridgehead atoms. The number of aliphatic hydroxyl groups is 1. The summed E-state index contributed by atoms with van der Waals surface area (Å²) < 4.78 is 43.3. The molecule has 3 aliphatic carbocycles. The number of hydrogen-bond donors (Lipinski definition) is 1. The molecule has 0 amide bonds. The van der Waals surface area contributed by atoms with E-state index < -0.39 is 48.4 Å². The highest BCUT2D eigenvalue weighted by atomic mass is 28.4. The minimum atomic E-state index is -2.95. The summed E-state index contributed by atoms with van der Waals surface area (Å²) in [4.78, 5) is 35.7. The maximum atomic E-state index is 17.2. The van der Waals surface area contributed by atoms with Crippen molar-refractivity contribution >= 4 is 25.6 Å². The molecule has 1 saturated carbocycles. The topological polar surface area (TPSA) is 115 Å². The van der Waals surface area contributed by atoms with Gasteiger partial charge in [0.2, 0.25) is 11.6 Å². The van der Waals surface area contributed by atoms with Gasteiger partial charge in [-0.25, -0.2) is 4.39 Å². The molecule has 4 atom stereocenters. The first-order valence-corrected chi connectivity index (χ1v) is 23.5. The average Bonchev–Trinajstić information content (AvgIpc) is 3.82. The van der Waals surface area contributed by atoms with Crippen molar-refractivity contribution in [3.05, 3.63) is 117 Å². The summed E-state index contributed by atoms with van der Waals surface area (Å²) >= 11 is 0. The number of carbonyl (C=O) groups is 2. The number of rotatable bonds is 9. The molecule has 312 valence electrons. The molecule has 12 heteroatoms. The van der Waals surface area contributed by atoms with Gasteiger partial charge in [0.15, 0.2) is 19.7 Å². The van der Waals surface area contributed by atoms with Gasteiger partial charge < -0.3 is 23.5 Å². The van der Waals surface area contributed by atoms with E-state index >= 15 is 14.0 Å². The summed E-state index contributed by atoms with van der Waals surface area (Å²) in [5.41, 5.74) is 1.26. The van der Waals surface area contributed by atoms with Crippen molar-refractivity contribution < 1.29 is 37.5 Å². The Bertz CT molecular complexity index is 2340. The molecule has 2 heterocycles. The smallest absolute Gasteiger partial charge is 0.265 e. The van der Waals surface area contributed by atoms with Crippen LogP contribution >= 0.6 is 0 Å². The quantitative estimate of drug-likeness (QED) is 0.129. The molecule has 59 heavy (non-hydrogen) atoms. The summed E-state index contributed by atoms with van der Waals surface area (Å²) in [5, 5.41) is 16.6. The lowest BCUT2D eigenvalue weighted by atomic mass is 9.57. The molecule has 1 N–H and O–H groups in total. The van der Waals surface area contributed by atoms with Gasteiger partial charge >= 0.3 is 0 Å². The predicted octanol–water partition coefficient (Wildman–Crippen LogP) is 9.38. The number of benzene rings is 3. The molecular weight excluding hydrogens is 766 g/mol. The number of aromatic nitrogens is 1. The fourth-order valence-electron chi connectivity index (χ4n) is 9.27. The van der Waals surface area contributed by atoms with Gasteiger partial charge in [-0.15, -0.1) is 0 Å². The number of aliphatic hydroxyl groups excluding tert-OH is 1. The predicted molar refractivity (Wildman–Crippen MR) is 225 cm³/mol. The Kier molecular flexibility index (Phi) is 10.1. The molecule has 10 nitrogen and oxygen atoms in total. The number of ether oxygens (including phenoxy) is 2. The Morgan fingerprint density at radius 2 is 1.47 bits per heavy atom. The molecule has 0 spiro atoms. The third-order valence-electron chi connectivity index (χ3n) is 13.5. The Labute approximate surface area is 347 Å². The second-order valence-corrected chi connectivity index (χ2v) is 24.2. The zero-order chi connectivity index (χ0) is 42.4. The lowest BCUT2D eigenvalue weighted by Gasteiger charge is -2.55. The van der Waals surface area contributed by atoms with Crippen LogP contribution in [0.3, 0.4) is 0 Å². The third kappa shape index (κ3) is 6.67. The van der Waals surface area contributed by atoms with Crippen LogP contribution < -0.4 is 9.47 Å². The first-order chi connectivity index (χ1) is 27.8. The van der Waals surface area contributed by atoms with Gasteiger partial charge in [-0.05, 0) is 88.0 Å². The molecule has 0 radical (unpaired) electrons. The Morgan fingerprint density at radius 1 is 0.881 bits per heavy atom. The molecule has 4 aliphatic rings. The molecule has 0 saturated heterocycles. The van der Waals surface area contributed by atoms with Crippen LogP contribution in [-0.2, 0) is 41.9 Å². The van der Waals surface area contributed by atoms with E-state index in [1.165, 1.54) is 0 Å². The van der Waals surface area contributed by atoms with Crippen LogP contribution in [0.15, 0.2) is 70.8 Å². The molecule has 0 unspecified atom stereocenters. The van der Waals surface area contributed by atoms with Crippen molar-refractivity contribution in [1.29, 1.82) is 0 Å².